The summed E-state index contributed by atoms with van der Waals surface area (Å²) in [6.45, 7) is 4.60. The van der Waals surface area contributed by atoms with Crippen LogP contribution >= 0.6 is 11.8 Å². The quantitative estimate of drug-likeness (QED) is 0.0303. The third-order valence-corrected chi connectivity index (χ3v) is 11.5. The average Bonchev–Trinajstić information content (AvgIpc) is 3.10. The summed E-state index contributed by atoms with van der Waals surface area (Å²) in [5.41, 5.74) is 3.96. The van der Waals surface area contributed by atoms with E-state index < -0.39 is 0 Å². The molecular weight excluding hydrogens is 601 g/mol. The van der Waals surface area contributed by atoms with Crippen LogP contribution in [0.5, 0.6) is 0 Å². The summed E-state index contributed by atoms with van der Waals surface area (Å²) >= 11 is 1.66. The van der Waals surface area contributed by atoms with Crippen LogP contribution in [0.2, 0.25) is 0 Å². The Morgan fingerprint density at radius 1 is 0.417 bits per heavy atom. The monoisotopic (exact) mass is 673 g/mol. The van der Waals surface area contributed by atoms with E-state index in [0.717, 1.165) is 16.7 Å². The van der Waals surface area contributed by atoms with E-state index in [4.69, 9.17) is 0 Å². The molecule has 3 aromatic rings. The van der Waals surface area contributed by atoms with Crippen LogP contribution in [0.4, 0.5) is 0 Å². The van der Waals surface area contributed by atoms with Gasteiger partial charge in [-0.05, 0) is 88.9 Å². The van der Waals surface area contributed by atoms with Gasteiger partial charge in [0.25, 0.3) is 0 Å². The lowest BCUT2D eigenvalue weighted by Gasteiger charge is -2.14. The molecule has 1 nitrogen and oxygen atoms in total. The van der Waals surface area contributed by atoms with Gasteiger partial charge in [-0.15, -0.1) is 11.8 Å². The maximum absolute atomic E-state index is 11.7. The highest BCUT2D eigenvalue weighted by Gasteiger charge is 2.10. The van der Waals surface area contributed by atoms with Gasteiger partial charge in [0.1, 0.15) is 0 Å². The Balaban J connectivity index is 1.48. The summed E-state index contributed by atoms with van der Waals surface area (Å²) in [5.74, 6) is 0. The van der Waals surface area contributed by atoms with Crippen molar-refractivity contribution in [2.75, 3.05) is 6.26 Å². The summed E-state index contributed by atoms with van der Waals surface area (Å²) in [6.07, 6.45) is 42.0. The van der Waals surface area contributed by atoms with Crippen molar-refractivity contribution in [3.63, 3.8) is 0 Å². The van der Waals surface area contributed by atoms with Gasteiger partial charge in [0.2, 0.25) is 0 Å². The number of hydrogen-bond acceptors (Lipinski definition) is 2. The average molecular weight is 673 g/mol. The number of aryl methyl sites for hydroxylation is 2. The van der Waals surface area contributed by atoms with E-state index in [2.05, 4.69) is 56.5 Å². The largest absolute Gasteiger partial charge is 0.298 e. The third kappa shape index (κ3) is 15.8. The molecular formula is C46H72OS. The molecule has 0 bridgehead atoms. The second-order valence-corrected chi connectivity index (χ2v) is 15.7. The van der Waals surface area contributed by atoms with Crippen LogP contribution in [0.15, 0.2) is 41.3 Å². The van der Waals surface area contributed by atoms with E-state index in [1.807, 2.05) is 0 Å². The maximum atomic E-state index is 11.7. The Kier molecular flexibility index (Phi) is 22.1. The summed E-state index contributed by atoms with van der Waals surface area (Å²) in [5, 5.41) is 5.11. The second-order valence-electron chi connectivity index (χ2n) is 14.9. The van der Waals surface area contributed by atoms with Gasteiger partial charge in [-0.1, -0.05) is 180 Å². The zero-order valence-electron chi connectivity index (χ0n) is 31.7. The predicted molar refractivity (Wildman–Crippen MR) is 217 cm³/mol. The van der Waals surface area contributed by atoms with Gasteiger partial charge in [-0.2, -0.15) is 0 Å². The predicted octanol–water partition coefficient (Wildman–Crippen LogP) is 15.8. The molecule has 0 N–H and O–H groups in total. The normalized spacial score (nSPS) is 11.6. The van der Waals surface area contributed by atoms with Crippen LogP contribution in [-0.2, 0) is 12.8 Å². The van der Waals surface area contributed by atoms with E-state index in [1.54, 1.807) is 22.9 Å². The molecule has 0 unspecified atom stereocenters. The van der Waals surface area contributed by atoms with Crippen LogP contribution in [-0.4, -0.2) is 12.5 Å². The Morgan fingerprint density at radius 3 is 1.06 bits per heavy atom. The molecule has 0 aliphatic rings. The van der Waals surface area contributed by atoms with Gasteiger partial charge in [-0.3, -0.25) is 4.79 Å². The molecule has 48 heavy (non-hydrogen) atoms. The summed E-state index contributed by atoms with van der Waals surface area (Å²) in [6, 6.07) is 14.0. The molecule has 0 heterocycles. The van der Waals surface area contributed by atoms with Gasteiger partial charge in [0.05, 0.1) is 0 Å². The number of hydrogen-bond donors (Lipinski definition) is 0. The molecule has 3 aromatic carbocycles. The van der Waals surface area contributed by atoms with Crippen molar-refractivity contribution in [3.05, 3.63) is 53.1 Å². The SMILES string of the molecule is CCCCCCCCCCCCCCCc1cc2cc3cc(C=O)c(SC)cc3cc2cc1CCCCCCCCCCCCCCC. The topological polar surface area (TPSA) is 17.1 Å². The lowest BCUT2D eigenvalue weighted by atomic mass is 9.92. The molecule has 0 aliphatic heterocycles. The highest BCUT2D eigenvalue weighted by molar-refractivity contribution is 7.98. The minimum absolute atomic E-state index is 0.806. The number of thioether (sulfide) groups is 1. The molecule has 0 saturated heterocycles. The fourth-order valence-corrected chi connectivity index (χ4v) is 8.18. The first-order valence-electron chi connectivity index (χ1n) is 20.7. The van der Waals surface area contributed by atoms with Crippen molar-refractivity contribution < 1.29 is 4.79 Å². The highest BCUT2D eigenvalue weighted by atomic mass is 32.2. The molecule has 0 spiro atoms. The second kappa shape index (κ2) is 26.1. The minimum atomic E-state index is 0.806. The number of carbonyl (C=O) groups is 1. The first-order valence-corrected chi connectivity index (χ1v) is 21.9. The van der Waals surface area contributed by atoms with Gasteiger partial charge >= 0.3 is 0 Å². The third-order valence-electron chi connectivity index (χ3n) is 10.7. The lowest BCUT2D eigenvalue weighted by molar-refractivity contribution is 0.112. The van der Waals surface area contributed by atoms with Crippen LogP contribution in [0.1, 0.15) is 202 Å². The van der Waals surface area contributed by atoms with Gasteiger partial charge in [0.15, 0.2) is 6.29 Å². The summed E-state index contributed by atoms with van der Waals surface area (Å²) < 4.78 is 0. The molecule has 3 rings (SSSR count). The number of unbranched alkanes of at least 4 members (excludes halogenated alkanes) is 24. The first kappa shape index (κ1) is 40.6. The van der Waals surface area contributed by atoms with Crippen molar-refractivity contribution in [3.8, 4) is 0 Å². The van der Waals surface area contributed by atoms with E-state index in [9.17, 15) is 4.79 Å². The fourth-order valence-electron chi connectivity index (χ4n) is 7.59. The highest BCUT2D eigenvalue weighted by Crippen LogP contribution is 2.32. The van der Waals surface area contributed by atoms with Crippen molar-refractivity contribution in [1.82, 2.24) is 0 Å². The number of rotatable bonds is 30. The van der Waals surface area contributed by atoms with Crippen molar-refractivity contribution in [1.29, 1.82) is 0 Å². The molecule has 268 valence electrons. The molecule has 0 fully saturated rings. The van der Waals surface area contributed by atoms with Gasteiger partial charge in [-0.25, -0.2) is 0 Å². The number of benzene rings is 3. The lowest BCUT2D eigenvalue weighted by Crippen LogP contribution is -1.97. The van der Waals surface area contributed by atoms with Crippen LogP contribution in [0, 0.1) is 0 Å². The number of fused-ring (bicyclic) bond motifs is 2. The minimum Gasteiger partial charge on any atom is -0.298 e. The summed E-state index contributed by atoms with van der Waals surface area (Å²) in [4.78, 5) is 12.8. The Hall–Kier alpha value is -1.80. The van der Waals surface area contributed by atoms with E-state index in [1.165, 1.54) is 201 Å². The van der Waals surface area contributed by atoms with Crippen molar-refractivity contribution >= 4 is 39.6 Å². The molecule has 0 amide bonds. The van der Waals surface area contributed by atoms with Gasteiger partial charge < -0.3 is 0 Å². The van der Waals surface area contributed by atoms with Crippen LogP contribution < -0.4 is 0 Å². The standard InChI is InChI=1S/C46H72OS/c1-4-6-8-10-12-14-16-18-20-22-24-26-28-30-39-32-41-34-43-36-45(38-47)46(48-3)37-44(43)35-42(41)33-40(39)31-29-27-25-23-21-19-17-15-13-11-9-7-5-2/h32-38H,4-31H2,1-3H3. The molecule has 0 saturated carbocycles. The molecule has 0 aromatic heterocycles. The van der Waals surface area contributed by atoms with E-state index in [0.29, 0.717) is 0 Å². The Labute approximate surface area is 301 Å². The zero-order chi connectivity index (χ0) is 34.1. The number of carbonyl (C=O) groups excluding carboxylic acids is 1. The van der Waals surface area contributed by atoms with Crippen LogP contribution in [0.3, 0.4) is 0 Å². The Bertz CT molecular complexity index is 1280. The smallest absolute Gasteiger partial charge is 0.151 e. The fraction of sp³-hybridized carbons (Fsp3) is 0.674. The molecule has 0 aliphatic carbocycles. The summed E-state index contributed by atoms with van der Waals surface area (Å²) in [7, 11) is 0. The maximum Gasteiger partial charge on any atom is 0.151 e. The number of aldehydes is 1. The first-order chi connectivity index (χ1) is 23.7. The van der Waals surface area contributed by atoms with E-state index in [-0.39, 0.29) is 0 Å². The molecule has 2 heteroatoms. The Morgan fingerprint density at radius 2 is 0.729 bits per heavy atom. The van der Waals surface area contributed by atoms with Crippen LogP contribution in [0.25, 0.3) is 21.5 Å². The molecule has 0 radical (unpaired) electrons. The van der Waals surface area contributed by atoms with E-state index >= 15 is 0 Å². The van der Waals surface area contributed by atoms with Crippen molar-refractivity contribution in [2.45, 2.75) is 199 Å². The molecule has 0 atom stereocenters. The zero-order valence-corrected chi connectivity index (χ0v) is 32.5. The van der Waals surface area contributed by atoms with Gasteiger partial charge in [0, 0.05) is 10.5 Å². The van der Waals surface area contributed by atoms with Crippen molar-refractivity contribution in [2.24, 2.45) is 0 Å².